The molecule has 0 spiro atoms. The van der Waals surface area contributed by atoms with Crippen molar-refractivity contribution in [3.63, 3.8) is 0 Å². The highest BCUT2D eigenvalue weighted by Crippen LogP contribution is 2.07. The highest BCUT2D eigenvalue weighted by molar-refractivity contribution is 7.88. The first-order valence-electron chi connectivity index (χ1n) is 6.98. The zero-order chi connectivity index (χ0) is 15.1. The molecular weight excluding hydrogens is 284 g/mol. The molecule has 0 saturated carbocycles. The average Bonchev–Trinajstić information content (AvgIpc) is 2.44. The van der Waals surface area contributed by atoms with Crippen LogP contribution >= 0.6 is 0 Å². The minimum Gasteiger partial charge on any atom is -0.261 e. The summed E-state index contributed by atoms with van der Waals surface area (Å²) in [5, 5.41) is 0. The summed E-state index contributed by atoms with van der Waals surface area (Å²) in [6, 6.07) is 13.3. The number of sulfonamides is 1. The maximum atomic E-state index is 12.0. The quantitative estimate of drug-likeness (QED) is 0.799. The van der Waals surface area contributed by atoms with Crippen molar-refractivity contribution >= 4 is 10.0 Å². The van der Waals surface area contributed by atoms with Gasteiger partial charge in [-0.05, 0) is 37.5 Å². The van der Waals surface area contributed by atoms with Crippen molar-refractivity contribution in [2.75, 3.05) is 6.54 Å². The largest absolute Gasteiger partial charge is 0.261 e. The number of rotatable bonds is 7. The molecule has 0 unspecified atom stereocenters. The van der Waals surface area contributed by atoms with Crippen LogP contribution in [0.2, 0.25) is 0 Å². The van der Waals surface area contributed by atoms with E-state index in [9.17, 15) is 8.42 Å². The molecule has 1 heterocycles. The van der Waals surface area contributed by atoms with Gasteiger partial charge in [0.15, 0.2) is 0 Å². The number of aryl methyl sites for hydroxylation is 2. The fourth-order valence-electron chi connectivity index (χ4n) is 2.12. The molecule has 0 aliphatic rings. The summed E-state index contributed by atoms with van der Waals surface area (Å²) < 4.78 is 26.6. The minimum atomic E-state index is -3.28. The molecule has 0 radical (unpaired) electrons. The summed E-state index contributed by atoms with van der Waals surface area (Å²) in [5.74, 6) is 0.0261. The summed E-state index contributed by atoms with van der Waals surface area (Å²) in [6.07, 6.45) is 3.26. The lowest BCUT2D eigenvalue weighted by molar-refractivity contribution is 0.578. The number of hydrogen-bond donors (Lipinski definition) is 1. The van der Waals surface area contributed by atoms with E-state index in [0.717, 1.165) is 29.7 Å². The van der Waals surface area contributed by atoms with Gasteiger partial charge in [-0.3, -0.25) is 4.98 Å². The van der Waals surface area contributed by atoms with Crippen molar-refractivity contribution < 1.29 is 8.42 Å². The number of benzene rings is 1. The van der Waals surface area contributed by atoms with E-state index in [1.807, 2.05) is 49.4 Å². The van der Waals surface area contributed by atoms with Gasteiger partial charge in [-0.1, -0.05) is 35.9 Å². The van der Waals surface area contributed by atoms with Crippen LogP contribution < -0.4 is 4.72 Å². The monoisotopic (exact) mass is 304 g/mol. The Balaban J connectivity index is 1.79. The third-order valence-corrected chi connectivity index (χ3v) is 4.45. The molecule has 4 nitrogen and oxygen atoms in total. The van der Waals surface area contributed by atoms with Crippen LogP contribution in [-0.2, 0) is 22.2 Å². The lowest BCUT2D eigenvalue weighted by atomic mass is 10.2. The maximum Gasteiger partial charge on any atom is 0.215 e. The predicted molar refractivity (Wildman–Crippen MR) is 84.4 cm³/mol. The SMILES string of the molecule is Cc1cccc(CS(=O)(=O)NCCCc2ccccn2)c1. The number of nitrogens with one attached hydrogen (secondary N) is 1. The second-order valence-electron chi connectivity index (χ2n) is 5.07. The summed E-state index contributed by atoms with van der Waals surface area (Å²) in [7, 11) is -3.28. The zero-order valence-electron chi connectivity index (χ0n) is 12.1. The van der Waals surface area contributed by atoms with Crippen molar-refractivity contribution in [3.05, 3.63) is 65.5 Å². The van der Waals surface area contributed by atoms with Gasteiger partial charge in [-0.2, -0.15) is 0 Å². The lowest BCUT2D eigenvalue weighted by Crippen LogP contribution is -2.26. The van der Waals surface area contributed by atoms with E-state index < -0.39 is 10.0 Å². The van der Waals surface area contributed by atoms with Gasteiger partial charge in [-0.15, -0.1) is 0 Å². The molecule has 0 saturated heterocycles. The highest BCUT2D eigenvalue weighted by Gasteiger charge is 2.10. The summed E-state index contributed by atoms with van der Waals surface area (Å²) in [5.41, 5.74) is 2.86. The second-order valence-corrected chi connectivity index (χ2v) is 6.87. The first kappa shape index (κ1) is 15.7. The van der Waals surface area contributed by atoms with Crippen LogP contribution in [0.3, 0.4) is 0 Å². The van der Waals surface area contributed by atoms with E-state index in [0.29, 0.717) is 6.54 Å². The van der Waals surface area contributed by atoms with Crippen molar-refractivity contribution in [2.45, 2.75) is 25.5 Å². The van der Waals surface area contributed by atoms with Crippen LogP contribution in [0, 0.1) is 6.92 Å². The van der Waals surface area contributed by atoms with Gasteiger partial charge in [0.2, 0.25) is 10.0 Å². The summed E-state index contributed by atoms with van der Waals surface area (Å²) >= 11 is 0. The standard InChI is InChI=1S/C16H20N2O2S/c1-14-6-4-7-15(12-14)13-21(19,20)18-11-5-9-16-8-2-3-10-17-16/h2-4,6-8,10,12,18H,5,9,11,13H2,1H3. The highest BCUT2D eigenvalue weighted by atomic mass is 32.2. The molecule has 0 amide bonds. The topological polar surface area (TPSA) is 59.1 Å². The Labute approximate surface area is 126 Å². The molecule has 2 aromatic rings. The molecule has 5 heteroatoms. The van der Waals surface area contributed by atoms with Gasteiger partial charge in [0, 0.05) is 18.4 Å². The van der Waals surface area contributed by atoms with Gasteiger partial charge in [0.05, 0.1) is 5.75 Å². The van der Waals surface area contributed by atoms with E-state index in [4.69, 9.17) is 0 Å². The first-order valence-corrected chi connectivity index (χ1v) is 8.63. The summed E-state index contributed by atoms with van der Waals surface area (Å²) in [6.45, 7) is 2.39. The van der Waals surface area contributed by atoms with Gasteiger partial charge < -0.3 is 0 Å². The van der Waals surface area contributed by atoms with Gasteiger partial charge in [0.1, 0.15) is 0 Å². The van der Waals surface area contributed by atoms with Gasteiger partial charge >= 0.3 is 0 Å². The Morgan fingerprint density at radius 2 is 2.00 bits per heavy atom. The van der Waals surface area contributed by atoms with E-state index in [-0.39, 0.29) is 5.75 Å². The van der Waals surface area contributed by atoms with Crippen molar-refractivity contribution in [1.82, 2.24) is 9.71 Å². The van der Waals surface area contributed by atoms with Crippen LogP contribution in [0.5, 0.6) is 0 Å². The van der Waals surface area contributed by atoms with Gasteiger partial charge in [0.25, 0.3) is 0 Å². The molecule has 0 aliphatic heterocycles. The van der Waals surface area contributed by atoms with E-state index in [1.165, 1.54) is 0 Å². The average molecular weight is 304 g/mol. The number of nitrogens with zero attached hydrogens (tertiary/aromatic N) is 1. The molecular formula is C16H20N2O2S. The third-order valence-electron chi connectivity index (χ3n) is 3.10. The fraction of sp³-hybridized carbons (Fsp3) is 0.312. The predicted octanol–water partition coefficient (Wildman–Crippen LogP) is 2.44. The van der Waals surface area contributed by atoms with Gasteiger partial charge in [-0.25, -0.2) is 13.1 Å². The Morgan fingerprint density at radius 1 is 1.14 bits per heavy atom. The molecule has 1 aromatic carbocycles. The molecule has 21 heavy (non-hydrogen) atoms. The molecule has 0 bridgehead atoms. The van der Waals surface area contributed by atoms with Crippen LogP contribution in [-0.4, -0.2) is 19.9 Å². The number of pyridine rings is 1. The van der Waals surface area contributed by atoms with Crippen LogP contribution in [0.4, 0.5) is 0 Å². The second kappa shape index (κ2) is 7.33. The molecule has 2 rings (SSSR count). The minimum absolute atomic E-state index is 0.0261. The Morgan fingerprint density at radius 3 is 2.71 bits per heavy atom. The third kappa shape index (κ3) is 5.65. The Hall–Kier alpha value is -1.72. The zero-order valence-corrected chi connectivity index (χ0v) is 12.9. The van der Waals surface area contributed by atoms with E-state index in [1.54, 1.807) is 6.20 Å². The Bertz CT molecular complexity index is 670. The van der Waals surface area contributed by atoms with Crippen molar-refractivity contribution in [1.29, 1.82) is 0 Å². The lowest BCUT2D eigenvalue weighted by Gasteiger charge is -2.07. The number of aromatic nitrogens is 1. The molecule has 1 aromatic heterocycles. The number of hydrogen-bond acceptors (Lipinski definition) is 3. The molecule has 0 atom stereocenters. The van der Waals surface area contributed by atoms with Crippen LogP contribution in [0.15, 0.2) is 48.7 Å². The van der Waals surface area contributed by atoms with Crippen molar-refractivity contribution in [2.24, 2.45) is 0 Å². The van der Waals surface area contributed by atoms with E-state index >= 15 is 0 Å². The molecule has 112 valence electrons. The normalized spacial score (nSPS) is 11.5. The molecule has 1 N–H and O–H groups in total. The van der Waals surface area contributed by atoms with Crippen LogP contribution in [0.1, 0.15) is 23.2 Å². The maximum absolute atomic E-state index is 12.0. The molecule has 0 fully saturated rings. The van der Waals surface area contributed by atoms with E-state index in [2.05, 4.69) is 9.71 Å². The molecule has 0 aliphatic carbocycles. The summed E-state index contributed by atoms with van der Waals surface area (Å²) in [4.78, 5) is 4.21. The fourth-order valence-corrected chi connectivity index (χ4v) is 3.29. The van der Waals surface area contributed by atoms with Crippen molar-refractivity contribution in [3.8, 4) is 0 Å². The first-order chi connectivity index (χ1) is 10.1. The Kier molecular flexibility index (Phi) is 5.47. The van der Waals surface area contributed by atoms with Crippen LogP contribution in [0.25, 0.3) is 0 Å². The smallest absolute Gasteiger partial charge is 0.215 e.